The van der Waals surface area contributed by atoms with Crippen molar-refractivity contribution in [1.82, 2.24) is 20.4 Å². The van der Waals surface area contributed by atoms with E-state index in [1.54, 1.807) is 19.0 Å². The van der Waals surface area contributed by atoms with Crippen LogP contribution in [0.4, 0.5) is 0 Å². The number of likely N-dealkylation sites (N-methyl/N-ethyl adjacent to an activating group) is 2. The summed E-state index contributed by atoms with van der Waals surface area (Å²) >= 11 is 0. The van der Waals surface area contributed by atoms with Gasteiger partial charge in [0, 0.05) is 33.2 Å². The Morgan fingerprint density at radius 3 is 2.25 bits per heavy atom. The van der Waals surface area contributed by atoms with Crippen LogP contribution in [0.15, 0.2) is 4.99 Å². The van der Waals surface area contributed by atoms with Crippen molar-refractivity contribution < 1.29 is 4.79 Å². The first-order chi connectivity index (χ1) is 11.0. The number of hydrogen-bond donors (Lipinski definition) is 2. The smallest absolute Gasteiger partial charge is 0.243 e. The molecule has 1 aliphatic rings. The molecule has 0 saturated heterocycles. The van der Waals surface area contributed by atoms with Crippen molar-refractivity contribution in [2.75, 3.05) is 47.8 Å². The maximum absolute atomic E-state index is 11.7. The Kier molecular flexibility index (Phi) is 12.4. The lowest BCUT2D eigenvalue weighted by Gasteiger charge is -2.35. The van der Waals surface area contributed by atoms with Crippen LogP contribution in [-0.4, -0.2) is 75.5 Å². The molecule has 0 spiro atoms. The number of aliphatic imine (C=N–C) groups is 1. The van der Waals surface area contributed by atoms with Gasteiger partial charge in [0.1, 0.15) is 6.54 Å². The zero-order valence-electron chi connectivity index (χ0n) is 16.0. The third-order valence-electron chi connectivity index (χ3n) is 4.55. The van der Waals surface area contributed by atoms with Gasteiger partial charge in [0.05, 0.1) is 0 Å². The minimum atomic E-state index is 0. The van der Waals surface area contributed by atoms with Gasteiger partial charge < -0.3 is 20.4 Å². The van der Waals surface area contributed by atoms with Gasteiger partial charge in [-0.05, 0) is 39.8 Å². The molecular weight excluding hydrogens is 417 g/mol. The highest BCUT2D eigenvalue weighted by Gasteiger charge is 2.25. The molecule has 1 amide bonds. The van der Waals surface area contributed by atoms with Gasteiger partial charge in [0.25, 0.3) is 0 Å². The Morgan fingerprint density at radius 2 is 1.75 bits per heavy atom. The molecule has 0 heterocycles. The van der Waals surface area contributed by atoms with Crippen molar-refractivity contribution in [3.63, 3.8) is 0 Å². The van der Waals surface area contributed by atoms with Crippen LogP contribution in [0.3, 0.4) is 0 Å². The van der Waals surface area contributed by atoms with E-state index in [0.29, 0.717) is 6.04 Å². The van der Waals surface area contributed by atoms with E-state index in [0.717, 1.165) is 25.0 Å². The molecule has 0 aromatic rings. The lowest BCUT2D eigenvalue weighted by atomic mass is 9.83. The number of rotatable bonds is 7. The highest BCUT2D eigenvalue weighted by Crippen LogP contribution is 2.27. The molecule has 1 aliphatic carbocycles. The molecule has 0 aromatic heterocycles. The normalized spacial score (nSPS) is 17.2. The van der Waals surface area contributed by atoms with Gasteiger partial charge in [-0.1, -0.05) is 19.3 Å². The van der Waals surface area contributed by atoms with Crippen LogP contribution in [0.2, 0.25) is 0 Å². The third-order valence-corrected chi connectivity index (χ3v) is 4.55. The van der Waals surface area contributed by atoms with E-state index in [2.05, 4.69) is 34.6 Å². The molecule has 0 bridgehead atoms. The first-order valence-electron chi connectivity index (χ1n) is 8.84. The highest BCUT2D eigenvalue weighted by atomic mass is 127. The molecular formula is C17H36IN5O. The van der Waals surface area contributed by atoms with Crippen LogP contribution < -0.4 is 10.6 Å². The molecule has 1 fully saturated rings. The molecule has 2 N–H and O–H groups in total. The fourth-order valence-corrected chi connectivity index (χ4v) is 3.12. The predicted molar refractivity (Wildman–Crippen MR) is 112 cm³/mol. The van der Waals surface area contributed by atoms with E-state index in [-0.39, 0.29) is 36.4 Å². The summed E-state index contributed by atoms with van der Waals surface area (Å²) in [4.78, 5) is 20.0. The van der Waals surface area contributed by atoms with E-state index < -0.39 is 0 Å². The summed E-state index contributed by atoms with van der Waals surface area (Å²) in [7, 11) is 7.81. The average molecular weight is 453 g/mol. The molecule has 142 valence electrons. The van der Waals surface area contributed by atoms with Crippen molar-refractivity contribution in [1.29, 1.82) is 0 Å². The van der Waals surface area contributed by atoms with Gasteiger partial charge >= 0.3 is 0 Å². The van der Waals surface area contributed by atoms with Gasteiger partial charge in [0.15, 0.2) is 5.96 Å². The van der Waals surface area contributed by atoms with Crippen LogP contribution in [0.1, 0.15) is 39.0 Å². The van der Waals surface area contributed by atoms with Crippen LogP contribution in [0, 0.1) is 5.92 Å². The first kappa shape index (κ1) is 23.4. The maximum Gasteiger partial charge on any atom is 0.243 e. The number of amides is 1. The third kappa shape index (κ3) is 8.50. The quantitative estimate of drug-likeness (QED) is 0.351. The number of nitrogens with zero attached hydrogens (tertiary/aromatic N) is 3. The van der Waals surface area contributed by atoms with Crippen LogP contribution in [0.25, 0.3) is 0 Å². The molecule has 0 radical (unpaired) electrons. The van der Waals surface area contributed by atoms with Gasteiger partial charge in [-0.3, -0.25) is 4.79 Å². The summed E-state index contributed by atoms with van der Waals surface area (Å²) in [5, 5.41) is 6.64. The van der Waals surface area contributed by atoms with Crippen LogP contribution >= 0.6 is 24.0 Å². The fourth-order valence-electron chi connectivity index (χ4n) is 3.12. The minimum Gasteiger partial charge on any atom is -0.357 e. The molecule has 7 heteroatoms. The van der Waals surface area contributed by atoms with Crippen LogP contribution in [-0.2, 0) is 4.79 Å². The number of nitrogens with one attached hydrogen (secondary N) is 2. The second kappa shape index (κ2) is 12.7. The zero-order valence-corrected chi connectivity index (χ0v) is 18.3. The van der Waals surface area contributed by atoms with E-state index in [9.17, 15) is 4.79 Å². The second-order valence-electron chi connectivity index (χ2n) is 6.79. The van der Waals surface area contributed by atoms with E-state index >= 15 is 0 Å². The summed E-state index contributed by atoms with van der Waals surface area (Å²) in [6.45, 7) is 3.87. The number of halogens is 1. The zero-order chi connectivity index (χ0) is 17.2. The highest BCUT2D eigenvalue weighted by molar-refractivity contribution is 14.0. The summed E-state index contributed by atoms with van der Waals surface area (Å²) in [6.07, 6.45) is 6.70. The Bertz CT molecular complexity index is 381. The SMILES string of the molecule is CCNC(=NCC(=O)N(C)C)NCC(C1CCCCC1)N(C)C.I. The van der Waals surface area contributed by atoms with Gasteiger partial charge in [-0.15, -0.1) is 24.0 Å². The summed E-state index contributed by atoms with van der Waals surface area (Å²) in [5.41, 5.74) is 0. The second-order valence-corrected chi connectivity index (χ2v) is 6.79. The summed E-state index contributed by atoms with van der Waals surface area (Å²) < 4.78 is 0. The fraction of sp³-hybridized carbons (Fsp3) is 0.882. The number of hydrogen-bond acceptors (Lipinski definition) is 3. The van der Waals surface area contributed by atoms with E-state index in [1.807, 2.05) is 6.92 Å². The molecule has 0 aliphatic heterocycles. The van der Waals surface area contributed by atoms with Crippen molar-refractivity contribution in [2.24, 2.45) is 10.9 Å². The standard InChI is InChI=1S/C17H35N5O.HI/c1-6-18-17(20-13-16(23)22(4)5)19-12-15(21(2)3)14-10-8-7-9-11-14;/h14-15H,6-13H2,1-5H3,(H2,18,19,20);1H. The van der Waals surface area contributed by atoms with Crippen molar-refractivity contribution in [2.45, 2.75) is 45.1 Å². The van der Waals surface area contributed by atoms with Crippen LogP contribution in [0.5, 0.6) is 0 Å². The van der Waals surface area contributed by atoms with Crippen molar-refractivity contribution in [3.05, 3.63) is 0 Å². The number of guanidine groups is 1. The van der Waals surface area contributed by atoms with Crippen molar-refractivity contribution >= 4 is 35.8 Å². The van der Waals surface area contributed by atoms with E-state index in [1.165, 1.54) is 32.1 Å². The Labute approximate surface area is 164 Å². The lowest BCUT2D eigenvalue weighted by Crippen LogP contribution is -2.48. The van der Waals surface area contributed by atoms with E-state index in [4.69, 9.17) is 0 Å². The van der Waals surface area contributed by atoms with Gasteiger partial charge in [0.2, 0.25) is 5.91 Å². The Hall–Kier alpha value is -0.570. The first-order valence-corrected chi connectivity index (χ1v) is 8.84. The number of carbonyl (C=O) groups excluding carboxylic acids is 1. The topological polar surface area (TPSA) is 60.0 Å². The monoisotopic (exact) mass is 453 g/mol. The largest absolute Gasteiger partial charge is 0.357 e. The summed E-state index contributed by atoms with van der Waals surface area (Å²) in [5.74, 6) is 1.49. The summed E-state index contributed by atoms with van der Waals surface area (Å²) in [6, 6.07) is 0.503. The molecule has 24 heavy (non-hydrogen) atoms. The molecule has 1 saturated carbocycles. The van der Waals surface area contributed by atoms with Crippen molar-refractivity contribution in [3.8, 4) is 0 Å². The average Bonchev–Trinajstić information content (AvgIpc) is 2.52. The van der Waals surface area contributed by atoms with Gasteiger partial charge in [-0.2, -0.15) is 0 Å². The van der Waals surface area contributed by atoms with Gasteiger partial charge in [-0.25, -0.2) is 4.99 Å². The Balaban J connectivity index is 0.00000529. The molecule has 1 unspecified atom stereocenters. The molecule has 0 aromatic carbocycles. The number of carbonyl (C=O) groups is 1. The predicted octanol–water partition coefficient (Wildman–Crippen LogP) is 1.76. The maximum atomic E-state index is 11.7. The molecule has 1 atom stereocenters. The molecule has 1 rings (SSSR count). The minimum absolute atomic E-state index is 0. The molecule has 6 nitrogen and oxygen atoms in total. The Morgan fingerprint density at radius 1 is 1.12 bits per heavy atom. The lowest BCUT2D eigenvalue weighted by molar-refractivity contribution is -0.127.